The van der Waals surface area contributed by atoms with E-state index in [1.54, 1.807) is 43.5 Å². The normalized spacial score (nSPS) is 11.1. The molecule has 2 aromatic carbocycles. The molecule has 0 saturated heterocycles. The van der Waals surface area contributed by atoms with Crippen LogP contribution in [0.25, 0.3) is 0 Å². The molecule has 0 atom stereocenters. The van der Waals surface area contributed by atoms with Gasteiger partial charge in [-0.25, -0.2) is 8.42 Å². The molecule has 0 spiro atoms. The lowest BCUT2D eigenvalue weighted by molar-refractivity contribution is -0.119. The summed E-state index contributed by atoms with van der Waals surface area (Å²) in [7, 11) is -0.850. The predicted molar refractivity (Wildman–Crippen MR) is 108 cm³/mol. The maximum Gasteiger partial charge on any atom is 0.264 e. The van der Waals surface area contributed by atoms with Crippen LogP contribution in [0, 0.1) is 6.92 Å². The zero-order valence-corrected chi connectivity index (χ0v) is 17.2. The van der Waals surface area contributed by atoms with Crippen molar-refractivity contribution in [2.75, 3.05) is 38.2 Å². The van der Waals surface area contributed by atoms with Crippen LogP contribution in [0.3, 0.4) is 0 Å². The highest BCUT2D eigenvalue weighted by molar-refractivity contribution is 7.92. The van der Waals surface area contributed by atoms with Gasteiger partial charge >= 0.3 is 0 Å². The van der Waals surface area contributed by atoms with Crippen LogP contribution in [0.5, 0.6) is 5.75 Å². The average molecular weight is 407 g/mol. The lowest BCUT2D eigenvalue weighted by Gasteiger charge is -2.24. The van der Waals surface area contributed by atoms with Crippen LogP contribution in [0.4, 0.5) is 5.69 Å². The largest absolute Gasteiger partial charge is 0.497 e. The Morgan fingerprint density at radius 2 is 1.82 bits per heavy atom. The zero-order valence-electron chi connectivity index (χ0n) is 16.3. The van der Waals surface area contributed by atoms with Crippen molar-refractivity contribution in [3.8, 4) is 5.75 Å². The first kappa shape index (κ1) is 21.7. The first-order valence-electron chi connectivity index (χ1n) is 8.87. The topological polar surface area (TPSA) is 84.9 Å². The fraction of sp³-hybridized carbons (Fsp3) is 0.350. The number of sulfonamides is 1. The van der Waals surface area contributed by atoms with Crippen LogP contribution < -0.4 is 14.4 Å². The third-order valence-electron chi connectivity index (χ3n) is 4.08. The lowest BCUT2D eigenvalue weighted by atomic mass is 10.2. The third kappa shape index (κ3) is 5.71. The van der Waals surface area contributed by atoms with Crippen molar-refractivity contribution < 1.29 is 22.7 Å². The highest BCUT2D eigenvalue weighted by atomic mass is 32.2. The molecule has 8 heteroatoms. The maximum atomic E-state index is 13.2. The van der Waals surface area contributed by atoms with Gasteiger partial charge in [0.05, 0.1) is 17.7 Å². The summed E-state index contributed by atoms with van der Waals surface area (Å²) in [6.07, 6.45) is 0.645. The number of carbonyl (C=O) groups excluding carboxylic acids is 1. The number of nitrogens with zero attached hydrogens (tertiary/aromatic N) is 1. The Morgan fingerprint density at radius 3 is 2.46 bits per heavy atom. The van der Waals surface area contributed by atoms with Crippen molar-refractivity contribution in [3.05, 3.63) is 54.1 Å². The number of hydrogen-bond donors (Lipinski definition) is 1. The zero-order chi connectivity index (χ0) is 20.6. The standard InChI is InChI=1S/C20H26N2O5S/c1-16-8-10-19(11-9-16)28(24,25)22(15-20(23)21-12-5-13-26-2)17-6-4-7-18(14-17)27-3/h4,6-11,14H,5,12-13,15H2,1-3H3,(H,21,23). The van der Waals surface area contributed by atoms with Crippen LogP contribution >= 0.6 is 0 Å². The molecule has 2 aromatic rings. The molecule has 2 rings (SSSR count). The van der Waals surface area contributed by atoms with Gasteiger partial charge in [-0.3, -0.25) is 9.10 Å². The van der Waals surface area contributed by atoms with Crippen LogP contribution in [-0.2, 0) is 19.6 Å². The first-order chi connectivity index (χ1) is 13.4. The van der Waals surface area contributed by atoms with Crippen LogP contribution in [0.2, 0.25) is 0 Å². The molecule has 0 saturated carbocycles. The van der Waals surface area contributed by atoms with Gasteiger partial charge in [0.25, 0.3) is 10.0 Å². The Balaban J connectivity index is 2.32. The average Bonchev–Trinajstić information content (AvgIpc) is 2.69. The van der Waals surface area contributed by atoms with Gasteiger partial charge in [-0.1, -0.05) is 23.8 Å². The fourth-order valence-corrected chi connectivity index (χ4v) is 3.96. The van der Waals surface area contributed by atoms with Crippen molar-refractivity contribution in [1.29, 1.82) is 0 Å². The Labute approximate surface area is 166 Å². The molecule has 0 aromatic heterocycles. The van der Waals surface area contributed by atoms with E-state index in [4.69, 9.17) is 9.47 Å². The van der Waals surface area contributed by atoms with Gasteiger partial charge in [-0.15, -0.1) is 0 Å². The molecular weight excluding hydrogens is 380 g/mol. The smallest absolute Gasteiger partial charge is 0.264 e. The molecule has 0 aliphatic carbocycles. The lowest BCUT2D eigenvalue weighted by Crippen LogP contribution is -2.41. The van der Waals surface area contributed by atoms with E-state index in [9.17, 15) is 13.2 Å². The minimum Gasteiger partial charge on any atom is -0.497 e. The summed E-state index contributed by atoms with van der Waals surface area (Å²) < 4.78 is 37.7. The molecule has 152 valence electrons. The SMILES string of the molecule is COCCCNC(=O)CN(c1cccc(OC)c1)S(=O)(=O)c1ccc(C)cc1. The van der Waals surface area contributed by atoms with Gasteiger partial charge in [0.1, 0.15) is 12.3 Å². The molecule has 0 radical (unpaired) electrons. The summed E-state index contributed by atoms with van der Waals surface area (Å²) in [5.41, 5.74) is 1.30. The summed E-state index contributed by atoms with van der Waals surface area (Å²) in [6, 6.07) is 13.1. The number of hydrogen-bond acceptors (Lipinski definition) is 5. The van der Waals surface area contributed by atoms with Crippen LogP contribution in [0.15, 0.2) is 53.4 Å². The summed E-state index contributed by atoms with van der Waals surface area (Å²) in [4.78, 5) is 12.5. The second-order valence-electron chi connectivity index (χ2n) is 6.22. The van der Waals surface area contributed by atoms with Gasteiger partial charge in [0, 0.05) is 26.3 Å². The van der Waals surface area contributed by atoms with Gasteiger partial charge < -0.3 is 14.8 Å². The molecule has 28 heavy (non-hydrogen) atoms. The van der Waals surface area contributed by atoms with Gasteiger partial charge in [0.2, 0.25) is 5.91 Å². The van der Waals surface area contributed by atoms with E-state index < -0.39 is 15.9 Å². The molecule has 0 aliphatic heterocycles. The molecule has 7 nitrogen and oxygen atoms in total. The molecule has 0 aliphatic rings. The van der Waals surface area contributed by atoms with Gasteiger partial charge in [-0.05, 0) is 37.6 Å². The summed E-state index contributed by atoms with van der Waals surface area (Å²) in [5, 5.41) is 2.72. The van der Waals surface area contributed by atoms with Crippen LogP contribution in [-0.4, -0.2) is 48.2 Å². The molecule has 0 heterocycles. The van der Waals surface area contributed by atoms with E-state index in [2.05, 4.69) is 5.32 Å². The Kier molecular flexibility index (Phi) is 7.83. The number of benzene rings is 2. The van der Waals surface area contributed by atoms with Crippen molar-refractivity contribution in [2.45, 2.75) is 18.2 Å². The summed E-state index contributed by atoms with van der Waals surface area (Å²) in [6.45, 7) is 2.46. The minimum absolute atomic E-state index is 0.119. The second-order valence-corrected chi connectivity index (χ2v) is 8.08. The molecule has 1 N–H and O–H groups in total. The Hall–Kier alpha value is -2.58. The fourth-order valence-electron chi connectivity index (χ4n) is 2.55. The number of methoxy groups -OCH3 is 2. The highest BCUT2D eigenvalue weighted by Crippen LogP contribution is 2.27. The van der Waals surface area contributed by atoms with E-state index in [1.807, 2.05) is 6.92 Å². The number of ether oxygens (including phenoxy) is 2. The molecule has 0 fully saturated rings. The highest BCUT2D eigenvalue weighted by Gasteiger charge is 2.27. The van der Waals surface area contributed by atoms with Crippen molar-refractivity contribution in [2.24, 2.45) is 0 Å². The minimum atomic E-state index is -3.93. The number of rotatable bonds is 10. The van der Waals surface area contributed by atoms with E-state index in [-0.39, 0.29) is 11.4 Å². The maximum absolute atomic E-state index is 13.2. The summed E-state index contributed by atoms with van der Waals surface area (Å²) >= 11 is 0. The number of aryl methyl sites for hydroxylation is 1. The number of carbonyl (C=O) groups is 1. The first-order valence-corrected chi connectivity index (χ1v) is 10.3. The molecular formula is C20H26N2O5S. The Bertz CT molecular complexity index is 882. The Morgan fingerprint density at radius 1 is 1.11 bits per heavy atom. The molecule has 0 bridgehead atoms. The monoisotopic (exact) mass is 406 g/mol. The summed E-state index contributed by atoms with van der Waals surface area (Å²) in [5.74, 6) is 0.108. The quantitative estimate of drug-likeness (QED) is 0.612. The molecule has 0 unspecified atom stereocenters. The predicted octanol–water partition coefficient (Wildman–Crippen LogP) is 2.35. The van der Waals surface area contributed by atoms with Crippen LogP contribution in [0.1, 0.15) is 12.0 Å². The molecule has 1 amide bonds. The third-order valence-corrected chi connectivity index (χ3v) is 5.87. The van der Waals surface area contributed by atoms with Gasteiger partial charge in [-0.2, -0.15) is 0 Å². The van der Waals surface area contributed by atoms with E-state index in [0.717, 1.165) is 9.87 Å². The number of nitrogens with one attached hydrogen (secondary N) is 1. The second kappa shape index (κ2) is 10.1. The number of amides is 1. The van der Waals surface area contributed by atoms with E-state index >= 15 is 0 Å². The van der Waals surface area contributed by atoms with E-state index in [1.165, 1.54) is 19.2 Å². The van der Waals surface area contributed by atoms with E-state index in [0.29, 0.717) is 31.0 Å². The van der Waals surface area contributed by atoms with Crippen molar-refractivity contribution in [3.63, 3.8) is 0 Å². The number of anilines is 1. The van der Waals surface area contributed by atoms with Crippen molar-refractivity contribution >= 4 is 21.6 Å². The van der Waals surface area contributed by atoms with Crippen molar-refractivity contribution in [1.82, 2.24) is 5.32 Å². The van der Waals surface area contributed by atoms with Gasteiger partial charge in [0.15, 0.2) is 0 Å².